The van der Waals surface area contributed by atoms with E-state index < -0.39 is 17.8 Å². The second-order valence-corrected chi connectivity index (χ2v) is 7.94. The number of halogens is 1. The summed E-state index contributed by atoms with van der Waals surface area (Å²) in [7, 11) is 0. The summed E-state index contributed by atoms with van der Waals surface area (Å²) in [6, 6.07) is 7.82. The van der Waals surface area contributed by atoms with Gasteiger partial charge in [-0.3, -0.25) is 14.5 Å². The average Bonchev–Trinajstić information content (AvgIpc) is 3.25. The number of carboxylic acids is 1. The minimum Gasteiger partial charge on any atom is -0.481 e. The molecule has 2 fully saturated rings. The second-order valence-electron chi connectivity index (χ2n) is 7.53. The Hall–Kier alpha value is -1.85. The lowest BCUT2D eigenvalue weighted by atomic mass is 9.82. The molecule has 1 saturated carbocycles. The Labute approximate surface area is 158 Å². The van der Waals surface area contributed by atoms with Gasteiger partial charge in [-0.1, -0.05) is 42.0 Å². The van der Waals surface area contributed by atoms with E-state index in [1.54, 1.807) is 0 Å². The molecule has 4 rings (SSSR count). The highest BCUT2D eigenvalue weighted by Gasteiger charge is 2.52. The van der Waals surface area contributed by atoms with Crippen LogP contribution in [-0.4, -0.2) is 53.0 Å². The molecule has 138 valence electrons. The number of carbonyl (C=O) groups is 2. The van der Waals surface area contributed by atoms with Gasteiger partial charge in [-0.2, -0.15) is 0 Å². The van der Waals surface area contributed by atoms with Crippen molar-refractivity contribution in [3.8, 4) is 0 Å². The van der Waals surface area contributed by atoms with Gasteiger partial charge in [-0.25, -0.2) is 0 Å². The highest BCUT2D eigenvalue weighted by atomic mass is 35.5. The summed E-state index contributed by atoms with van der Waals surface area (Å²) in [5.74, 6) is -1.65. The Morgan fingerprint density at radius 2 is 1.69 bits per heavy atom. The first-order chi connectivity index (χ1) is 12.5. The van der Waals surface area contributed by atoms with Crippen LogP contribution in [0.4, 0.5) is 0 Å². The molecular weight excluding hydrogens is 352 g/mol. The first kappa shape index (κ1) is 17.6. The molecule has 1 N–H and O–H groups in total. The number of fused-ring (bicyclic) bond motifs is 2. The zero-order valence-corrected chi connectivity index (χ0v) is 15.3. The van der Waals surface area contributed by atoms with Gasteiger partial charge in [0.25, 0.3) is 0 Å². The summed E-state index contributed by atoms with van der Waals surface area (Å²) < 4.78 is 0. The quantitative estimate of drug-likeness (QED) is 0.822. The van der Waals surface area contributed by atoms with Crippen LogP contribution in [0.5, 0.6) is 0 Å². The third-order valence-corrected chi connectivity index (χ3v) is 6.43. The van der Waals surface area contributed by atoms with Gasteiger partial charge in [0.15, 0.2) is 0 Å². The minimum atomic E-state index is -0.836. The number of nitrogens with zero attached hydrogens (tertiary/aromatic N) is 2. The third-order valence-electron chi connectivity index (χ3n) is 6.07. The summed E-state index contributed by atoms with van der Waals surface area (Å²) in [6.07, 6.45) is 4.83. The number of piperazine rings is 1. The van der Waals surface area contributed by atoms with Gasteiger partial charge < -0.3 is 10.0 Å². The molecule has 26 heavy (non-hydrogen) atoms. The van der Waals surface area contributed by atoms with E-state index in [0.29, 0.717) is 13.1 Å². The van der Waals surface area contributed by atoms with Crippen molar-refractivity contribution in [2.75, 3.05) is 26.2 Å². The van der Waals surface area contributed by atoms with Gasteiger partial charge in [-0.15, -0.1) is 0 Å². The largest absolute Gasteiger partial charge is 0.481 e. The van der Waals surface area contributed by atoms with Crippen molar-refractivity contribution in [3.63, 3.8) is 0 Å². The van der Waals surface area contributed by atoms with Crippen LogP contribution >= 0.6 is 11.6 Å². The molecule has 1 aromatic rings. The van der Waals surface area contributed by atoms with Crippen LogP contribution in [0, 0.1) is 23.7 Å². The maximum Gasteiger partial charge on any atom is 0.307 e. The van der Waals surface area contributed by atoms with E-state index in [-0.39, 0.29) is 17.7 Å². The van der Waals surface area contributed by atoms with Gasteiger partial charge in [0.2, 0.25) is 5.91 Å². The molecule has 1 amide bonds. The van der Waals surface area contributed by atoms with Crippen molar-refractivity contribution < 1.29 is 14.7 Å². The highest BCUT2D eigenvalue weighted by Crippen LogP contribution is 2.48. The molecule has 1 aromatic carbocycles. The zero-order valence-electron chi connectivity index (χ0n) is 14.6. The van der Waals surface area contributed by atoms with E-state index in [4.69, 9.17) is 11.6 Å². The Morgan fingerprint density at radius 3 is 2.35 bits per heavy atom. The molecule has 0 radical (unpaired) electrons. The van der Waals surface area contributed by atoms with E-state index in [2.05, 4.69) is 4.90 Å². The molecule has 1 aliphatic heterocycles. The summed E-state index contributed by atoms with van der Waals surface area (Å²) in [6.45, 7) is 3.63. The number of carboxylic acid groups (broad SMARTS) is 1. The fourth-order valence-electron chi connectivity index (χ4n) is 4.70. The Morgan fingerprint density at radius 1 is 1.04 bits per heavy atom. The van der Waals surface area contributed by atoms with E-state index in [1.165, 1.54) is 0 Å². The SMILES string of the molecule is O=C(O)[C@H]1[C@@H](C(=O)N2CCN(Cc3ccccc3Cl)CC2)[C@H]2C=C[C@@H]1C2. The van der Waals surface area contributed by atoms with Crippen molar-refractivity contribution in [1.29, 1.82) is 0 Å². The number of carbonyl (C=O) groups excluding carboxylic acids is 1. The number of amides is 1. The molecule has 0 spiro atoms. The van der Waals surface area contributed by atoms with E-state index in [9.17, 15) is 14.7 Å². The van der Waals surface area contributed by atoms with E-state index in [0.717, 1.165) is 36.6 Å². The molecular formula is C20H23ClN2O3. The van der Waals surface area contributed by atoms with E-state index >= 15 is 0 Å². The van der Waals surface area contributed by atoms with Gasteiger partial charge in [-0.05, 0) is 29.9 Å². The number of rotatable bonds is 4. The van der Waals surface area contributed by atoms with Crippen molar-refractivity contribution in [1.82, 2.24) is 9.80 Å². The molecule has 0 unspecified atom stereocenters. The van der Waals surface area contributed by atoms with Crippen LogP contribution < -0.4 is 0 Å². The molecule has 1 heterocycles. The van der Waals surface area contributed by atoms with Crippen LogP contribution in [0.1, 0.15) is 12.0 Å². The normalized spacial score (nSPS) is 30.7. The smallest absolute Gasteiger partial charge is 0.307 e. The molecule has 4 atom stereocenters. The van der Waals surface area contributed by atoms with Gasteiger partial charge in [0.1, 0.15) is 0 Å². The monoisotopic (exact) mass is 374 g/mol. The fraction of sp³-hybridized carbons (Fsp3) is 0.500. The predicted octanol–water partition coefficient (Wildman–Crippen LogP) is 2.51. The van der Waals surface area contributed by atoms with Gasteiger partial charge in [0.05, 0.1) is 11.8 Å². The lowest BCUT2D eigenvalue weighted by Crippen LogP contribution is -2.52. The van der Waals surface area contributed by atoms with Crippen LogP contribution in [-0.2, 0) is 16.1 Å². The lowest BCUT2D eigenvalue weighted by molar-refractivity contribution is -0.151. The number of allylic oxidation sites excluding steroid dienone is 2. The van der Waals surface area contributed by atoms with Crippen molar-refractivity contribution >= 4 is 23.5 Å². The summed E-state index contributed by atoms with van der Waals surface area (Å²) in [4.78, 5) is 28.8. The summed E-state index contributed by atoms with van der Waals surface area (Å²) in [5, 5.41) is 10.3. The number of hydrogen-bond acceptors (Lipinski definition) is 3. The molecule has 2 aliphatic carbocycles. The van der Waals surface area contributed by atoms with E-state index in [1.807, 2.05) is 41.3 Å². The maximum atomic E-state index is 13.0. The second kappa shape index (κ2) is 7.05. The zero-order chi connectivity index (χ0) is 18.3. The molecule has 1 saturated heterocycles. The topological polar surface area (TPSA) is 60.9 Å². The van der Waals surface area contributed by atoms with Crippen LogP contribution in [0.25, 0.3) is 0 Å². The van der Waals surface area contributed by atoms with Crippen LogP contribution in [0.3, 0.4) is 0 Å². The Kier molecular flexibility index (Phi) is 4.76. The fourth-order valence-corrected chi connectivity index (χ4v) is 4.90. The third kappa shape index (κ3) is 3.14. The summed E-state index contributed by atoms with van der Waals surface area (Å²) >= 11 is 6.24. The first-order valence-electron chi connectivity index (χ1n) is 9.20. The molecule has 2 bridgehead atoms. The Balaban J connectivity index is 1.37. The van der Waals surface area contributed by atoms with Crippen LogP contribution in [0.2, 0.25) is 5.02 Å². The van der Waals surface area contributed by atoms with Crippen molar-refractivity contribution in [3.05, 3.63) is 47.0 Å². The first-order valence-corrected chi connectivity index (χ1v) is 9.58. The molecule has 3 aliphatic rings. The highest BCUT2D eigenvalue weighted by molar-refractivity contribution is 6.31. The molecule has 0 aromatic heterocycles. The maximum absolute atomic E-state index is 13.0. The summed E-state index contributed by atoms with van der Waals surface area (Å²) in [5.41, 5.74) is 1.10. The van der Waals surface area contributed by atoms with Crippen molar-refractivity contribution in [2.24, 2.45) is 23.7 Å². The van der Waals surface area contributed by atoms with Crippen LogP contribution in [0.15, 0.2) is 36.4 Å². The standard InChI is InChI=1S/C20H23ClN2O3/c21-16-4-2-1-3-15(16)12-22-7-9-23(10-8-22)19(24)17-13-5-6-14(11-13)18(17)20(25)26/h1-6,13-14,17-18H,7-12H2,(H,25,26)/t13-,14+,17-,18+/m0/s1. The Bertz CT molecular complexity index is 742. The number of hydrogen-bond donors (Lipinski definition) is 1. The predicted molar refractivity (Wildman–Crippen MR) is 98.7 cm³/mol. The van der Waals surface area contributed by atoms with Gasteiger partial charge >= 0.3 is 5.97 Å². The molecule has 6 heteroatoms. The number of aliphatic carboxylic acids is 1. The lowest BCUT2D eigenvalue weighted by Gasteiger charge is -2.37. The van der Waals surface area contributed by atoms with Crippen molar-refractivity contribution in [2.45, 2.75) is 13.0 Å². The number of benzene rings is 1. The average molecular weight is 375 g/mol. The van der Waals surface area contributed by atoms with Gasteiger partial charge in [0, 0.05) is 37.7 Å². The molecule has 5 nitrogen and oxygen atoms in total. The minimum absolute atomic E-state index is 0.0200.